The minimum absolute atomic E-state index is 0.0229. The summed E-state index contributed by atoms with van der Waals surface area (Å²) in [7, 11) is 0. The van der Waals surface area contributed by atoms with Crippen molar-refractivity contribution in [2.45, 2.75) is 18.8 Å². The van der Waals surface area contributed by atoms with E-state index in [1.807, 2.05) is 24.3 Å². The number of amides is 1. The lowest BCUT2D eigenvalue weighted by Gasteiger charge is -2.25. The Morgan fingerprint density at radius 2 is 2.29 bits per heavy atom. The summed E-state index contributed by atoms with van der Waals surface area (Å²) in [5, 5.41) is 6.26. The highest BCUT2D eigenvalue weighted by atomic mass is 16.1. The number of carbonyl (C=O) groups is 1. The molecule has 1 atom stereocenters. The molecule has 4 nitrogen and oxygen atoms in total. The van der Waals surface area contributed by atoms with Crippen LogP contribution in [0.4, 0.5) is 5.69 Å². The van der Waals surface area contributed by atoms with Gasteiger partial charge in [0.25, 0.3) is 0 Å². The molecule has 0 radical (unpaired) electrons. The number of para-hydroxylation sites is 1. The van der Waals surface area contributed by atoms with Gasteiger partial charge < -0.3 is 16.4 Å². The van der Waals surface area contributed by atoms with Crippen LogP contribution in [-0.4, -0.2) is 25.5 Å². The summed E-state index contributed by atoms with van der Waals surface area (Å²) in [6.07, 6.45) is 1.68. The summed E-state index contributed by atoms with van der Waals surface area (Å²) >= 11 is 0. The molecule has 0 fully saturated rings. The van der Waals surface area contributed by atoms with E-state index < -0.39 is 0 Å². The summed E-state index contributed by atoms with van der Waals surface area (Å²) < 4.78 is 0. The van der Waals surface area contributed by atoms with Crippen LogP contribution in [0.3, 0.4) is 0 Å². The van der Waals surface area contributed by atoms with Crippen LogP contribution in [0.25, 0.3) is 0 Å². The van der Waals surface area contributed by atoms with Gasteiger partial charge in [0.2, 0.25) is 5.91 Å². The first-order chi connectivity index (χ1) is 8.33. The molecular formula is C13H19N3O. The Hall–Kier alpha value is -1.55. The van der Waals surface area contributed by atoms with E-state index in [0.29, 0.717) is 13.1 Å². The average molecular weight is 233 g/mol. The Kier molecular flexibility index (Phi) is 3.98. The first-order valence-corrected chi connectivity index (χ1v) is 6.13. The topological polar surface area (TPSA) is 67.1 Å². The van der Waals surface area contributed by atoms with Crippen LogP contribution in [-0.2, 0) is 4.79 Å². The Morgan fingerprint density at radius 1 is 1.47 bits per heavy atom. The van der Waals surface area contributed by atoms with E-state index in [-0.39, 0.29) is 11.8 Å². The first kappa shape index (κ1) is 11.9. The second-order valence-corrected chi connectivity index (χ2v) is 4.29. The average Bonchev–Trinajstić information content (AvgIpc) is 2.38. The van der Waals surface area contributed by atoms with Crippen molar-refractivity contribution >= 4 is 11.6 Å². The van der Waals surface area contributed by atoms with E-state index in [1.54, 1.807) is 0 Å². The molecule has 17 heavy (non-hydrogen) atoms. The third kappa shape index (κ3) is 2.77. The number of hydrogen-bond acceptors (Lipinski definition) is 3. The number of carbonyl (C=O) groups excluding carboxylic acids is 1. The number of fused-ring (bicyclic) bond motifs is 1. The molecule has 0 aromatic heterocycles. The zero-order valence-corrected chi connectivity index (χ0v) is 9.91. The van der Waals surface area contributed by atoms with Crippen LogP contribution in [0.5, 0.6) is 0 Å². The standard InChI is InChI=1S/C13H19N3O/c14-7-3-8-16-13(17)11-6-9-15-12-5-2-1-4-10(11)12/h1-2,4-5,11,15H,3,6-9,14H2,(H,16,17). The van der Waals surface area contributed by atoms with Gasteiger partial charge in [0, 0.05) is 18.8 Å². The van der Waals surface area contributed by atoms with Gasteiger partial charge in [-0.1, -0.05) is 18.2 Å². The fourth-order valence-electron chi connectivity index (χ4n) is 2.18. The summed E-state index contributed by atoms with van der Waals surface area (Å²) in [6, 6.07) is 8.01. The number of nitrogens with two attached hydrogens (primary N) is 1. The maximum absolute atomic E-state index is 12.1. The molecule has 4 N–H and O–H groups in total. The van der Waals surface area contributed by atoms with Gasteiger partial charge in [0.1, 0.15) is 0 Å². The summed E-state index contributed by atoms with van der Waals surface area (Å²) in [5.41, 5.74) is 7.59. The molecule has 0 bridgehead atoms. The highest BCUT2D eigenvalue weighted by Gasteiger charge is 2.25. The Bertz CT molecular complexity index is 392. The first-order valence-electron chi connectivity index (χ1n) is 6.13. The summed E-state index contributed by atoms with van der Waals surface area (Å²) in [5.74, 6) is 0.0950. The molecule has 2 rings (SSSR count). The monoisotopic (exact) mass is 233 g/mol. The van der Waals surface area contributed by atoms with E-state index in [9.17, 15) is 4.79 Å². The van der Waals surface area contributed by atoms with Gasteiger partial charge in [-0.15, -0.1) is 0 Å². The van der Waals surface area contributed by atoms with Crippen molar-refractivity contribution in [3.63, 3.8) is 0 Å². The number of hydrogen-bond donors (Lipinski definition) is 3. The van der Waals surface area contributed by atoms with Crippen molar-refractivity contribution in [1.29, 1.82) is 0 Å². The molecule has 0 spiro atoms. The van der Waals surface area contributed by atoms with E-state index >= 15 is 0 Å². The number of nitrogens with one attached hydrogen (secondary N) is 2. The fraction of sp³-hybridized carbons (Fsp3) is 0.462. The maximum atomic E-state index is 12.1. The lowest BCUT2D eigenvalue weighted by Crippen LogP contribution is -2.34. The normalized spacial score (nSPS) is 18.1. The van der Waals surface area contributed by atoms with E-state index in [2.05, 4.69) is 10.6 Å². The number of benzene rings is 1. The molecular weight excluding hydrogens is 214 g/mol. The smallest absolute Gasteiger partial charge is 0.227 e. The van der Waals surface area contributed by atoms with E-state index in [1.165, 1.54) is 0 Å². The van der Waals surface area contributed by atoms with E-state index in [0.717, 1.165) is 30.6 Å². The largest absolute Gasteiger partial charge is 0.385 e. The fourth-order valence-corrected chi connectivity index (χ4v) is 2.18. The molecule has 4 heteroatoms. The summed E-state index contributed by atoms with van der Waals surface area (Å²) in [6.45, 7) is 2.14. The van der Waals surface area contributed by atoms with E-state index in [4.69, 9.17) is 5.73 Å². The molecule has 1 amide bonds. The lowest BCUT2D eigenvalue weighted by atomic mass is 9.90. The molecule has 0 aliphatic carbocycles. The number of anilines is 1. The highest BCUT2D eigenvalue weighted by molar-refractivity contribution is 5.86. The molecule has 1 aliphatic heterocycles. The molecule has 1 heterocycles. The van der Waals surface area contributed by atoms with Gasteiger partial charge in [0.15, 0.2) is 0 Å². The quantitative estimate of drug-likeness (QED) is 0.681. The van der Waals surface area contributed by atoms with Crippen molar-refractivity contribution in [1.82, 2.24) is 5.32 Å². The number of rotatable bonds is 4. The Morgan fingerprint density at radius 3 is 3.12 bits per heavy atom. The molecule has 92 valence electrons. The Balaban J connectivity index is 2.05. The van der Waals surface area contributed by atoms with Crippen LogP contribution in [0, 0.1) is 0 Å². The molecule has 1 aromatic rings. The second kappa shape index (κ2) is 5.68. The lowest BCUT2D eigenvalue weighted by molar-refractivity contribution is -0.122. The molecule has 1 aromatic carbocycles. The van der Waals surface area contributed by atoms with Crippen molar-refractivity contribution < 1.29 is 4.79 Å². The SMILES string of the molecule is NCCCNC(=O)C1CCNc2ccccc21. The van der Waals surface area contributed by atoms with Crippen LogP contribution in [0.15, 0.2) is 24.3 Å². The summed E-state index contributed by atoms with van der Waals surface area (Å²) in [4.78, 5) is 12.1. The third-order valence-corrected chi connectivity index (χ3v) is 3.08. The van der Waals surface area contributed by atoms with Gasteiger partial charge in [-0.25, -0.2) is 0 Å². The molecule has 0 saturated carbocycles. The van der Waals surface area contributed by atoms with Gasteiger partial charge >= 0.3 is 0 Å². The predicted octanol–water partition coefficient (Wildman–Crippen LogP) is 1.05. The van der Waals surface area contributed by atoms with Crippen LogP contribution in [0.2, 0.25) is 0 Å². The third-order valence-electron chi connectivity index (χ3n) is 3.08. The van der Waals surface area contributed by atoms with Crippen LogP contribution < -0.4 is 16.4 Å². The van der Waals surface area contributed by atoms with Gasteiger partial charge in [0.05, 0.1) is 5.92 Å². The van der Waals surface area contributed by atoms with Gasteiger partial charge in [-0.05, 0) is 31.0 Å². The minimum Gasteiger partial charge on any atom is -0.385 e. The maximum Gasteiger partial charge on any atom is 0.227 e. The molecule has 0 saturated heterocycles. The zero-order chi connectivity index (χ0) is 12.1. The zero-order valence-electron chi connectivity index (χ0n) is 9.91. The van der Waals surface area contributed by atoms with Crippen molar-refractivity contribution in [2.24, 2.45) is 5.73 Å². The van der Waals surface area contributed by atoms with Crippen molar-refractivity contribution in [3.8, 4) is 0 Å². The van der Waals surface area contributed by atoms with Gasteiger partial charge in [-0.2, -0.15) is 0 Å². The predicted molar refractivity (Wildman–Crippen MR) is 69.0 cm³/mol. The Labute approximate surface area is 102 Å². The van der Waals surface area contributed by atoms with Crippen molar-refractivity contribution in [3.05, 3.63) is 29.8 Å². The second-order valence-electron chi connectivity index (χ2n) is 4.29. The van der Waals surface area contributed by atoms with Crippen LogP contribution in [0.1, 0.15) is 24.3 Å². The molecule has 1 unspecified atom stereocenters. The minimum atomic E-state index is -0.0229. The molecule has 1 aliphatic rings. The van der Waals surface area contributed by atoms with Gasteiger partial charge in [-0.3, -0.25) is 4.79 Å². The van der Waals surface area contributed by atoms with Crippen molar-refractivity contribution in [2.75, 3.05) is 25.0 Å². The van der Waals surface area contributed by atoms with Crippen LogP contribution >= 0.6 is 0 Å². The highest BCUT2D eigenvalue weighted by Crippen LogP contribution is 2.31.